The van der Waals surface area contributed by atoms with E-state index < -0.39 is 16.2 Å². The number of nitrogen functional groups attached to an aromatic ring is 2. The minimum Gasteiger partial charge on any atom is -0.397 e. The van der Waals surface area contributed by atoms with Crippen LogP contribution in [0.4, 0.5) is 17.3 Å². The summed E-state index contributed by atoms with van der Waals surface area (Å²) in [5.41, 5.74) is 12.7. The number of pyridine rings is 1. The Morgan fingerprint density at radius 1 is 1.22 bits per heavy atom. The van der Waals surface area contributed by atoms with Gasteiger partial charge in [0.2, 0.25) is 5.96 Å². The molecule has 136 valence electrons. The number of nitrogens with one attached hydrogen (secondary N) is 2. The number of guanidine groups is 1. The van der Waals surface area contributed by atoms with E-state index in [4.69, 9.17) is 21.3 Å². The average molecular weight is 384 g/mol. The fraction of sp³-hybridized carbons (Fsp3) is 0.0667. The molecule has 2 heterocycles. The van der Waals surface area contributed by atoms with E-state index in [0.29, 0.717) is 11.1 Å². The number of nitrogens with two attached hydrogens (primary N) is 2. The van der Waals surface area contributed by atoms with Gasteiger partial charge in [-0.05, 0) is 17.7 Å². The van der Waals surface area contributed by atoms with Gasteiger partial charge in [-0.25, -0.2) is 9.98 Å². The van der Waals surface area contributed by atoms with Gasteiger partial charge in [0.25, 0.3) is 10.1 Å². The van der Waals surface area contributed by atoms with E-state index in [-0.39, 0.29) is 33.7 Å². The standard InChI is InChI=1S/C15H12N8O3S/c16-5-9-11(18)10-12(7-1-3-8(4-2-7)27(24,25)26)21-15(20-6-17)23-14(10)22-13(9)19/h1-4,12H,(H,24,25,26)(H6,18,19,20,21,22,23). The summed E-state index contributed by atoms with van der Waals surface area (Å²) in [4.78, 5) is 8.15. The van der Waals surface area contributed by atoms with Crippen molar-refractivity contribution in [1.82, 2.24) is 10.3 Å². The summed E-state index contributed by atoms with van der Waals surface area (Å²) in [6.07, 6.45) is 1.72. The highest BCUT2D eigenvalue weighted by molar-refractivity contribution is 7.85. The van der Waals surface area contributed by atoms with Gasteiger partial charge in [-0.15, -0.1) is 0 Å². The monoisotopic (exact) mass is 384 g/mol. The van der Waals surface area contributed by atoms with Crippen LogP contribution in [0.15, 0.2) is 34.2 Å². The van der Waals surface area contributed by atoms with Gasteiger partial charge in [0.05, 0.1) is 10.6 Å². The Morgan fingerprint density at radius 3 is 2.44 bits per heavy atom. The van der Waals surface area contributed by atoms with Crippen molar-refractivity contribution in [1.29, 1.82) is 10.5 Å². The Labute approximate surface area is 153 Å². The number of fused-ring (bicyclic) bond motifs is 1. The predicted molar refractivity (Wildman–Crippen MR) is 95.7 cm³/mol. The number of nitriles is 2. The Balaban J connectivity index is 2.20. The molecule has 0 saturated heterocycles. The molecule has 11 nitrogen and oxygen atoms in total. The smallest absolute Gasteiger partial charge is 0.294 e. The Morgan fingerprint density at radius 2 is 1.89 bits per heavy atom. The molecule has 0 saturated carbocycles. The molecule has 2 aromatic rings. The summed E-state index contributed by atoms with van der Waals surface area (Å²) in [7, 11) is -4.35. The SMILES string of the molecule is N#CNC1=NC(c2ccc(S(=O)(=O)O)cc2)c2c(nc(N)c(C#N)c2N)N1. The quantitative estimate of drug-likeness (QED) is 0.272. The molecule has 0 radical (unpaired) electrons. The molecule has 0 fully saturated rings. The number of nitrogens with zero attached hydrogens (tertiary/aromatic N) is 4. The lowest BCUT2D eigenvalue weighted by molar-refractivity contribution is 0.483. The second kappa shape index (κ2) is 6.45. The van der Waals surface area contributed by atoms with Crippen molar-refractivity contribution in [2.45, 2.75) is 10.9 Å². The molecule has 1 atom stereocenters. The molecular weight excluding hydrogens is 372 g/mol. The third-order valence-corrected chi connectivity index (χ3v) is 4.72. The summed E-state index contributed by atoms with van der Waals surface area (Å²) in [6, 6.07) is 6.34. The molecule has 27 heavy (non-hydrogen) atoms. The second-order valence-corrected chi connectivity index (χ2v) is 6.87. The molecule has 1 aliphatic rings. The molecular formula is C15H12N8O3S. The van der Waals surface area contributed by atoms with Gasteiger partial charge in [-0.1, -0.05) is 12.1 Å². The lowest BCUT2D eigenvalue weighted by atomic mass is 9.95. The first-order chi connectivity index (χ1) is 12.8. The van der Waals surface area contributed by atoms with Crippen LogP contribution in [0, 0.1) is 22.8 Å². The highest BCUT2D eigenvalue weighted by Crippen LogP contribution is 2.40. The van der Waals surface area contributed by atoms with Gasteiger partial charge >= 0.3 is 0 Å². The lowest BCUT2D eigenvalue weighted by Crippen LogP contribution is -2.32. The fourth-order valence-corrected chi connectivity index (χ4v) is 3.12. The third-order valence-electron chi connectivity index (χ3n) is 3.85. The Bertz CT molecular complexity index is 1140. The fourth-order valence-electron chi connectivity index (χ4n) is 2.64. The third kappa shape index (κ3) is 3.18. The van der Waals surface area contributed by atoms with Crippen LogP contribution in [0.3, 0.4) is 0 Å². The number of rotatable bonds is 2. The molecule has 1 aromatic heterocycles. The Hall–Kier alpha value is -3.87. The highest BCUT2D eigenvalue weighted by Gasteiger charge is 2.29. The van der Waals surface area contributed by atoms with E-state index in [1.54, 1.807) is 6.19 Å². The maximum Gasteiger partial charge on any atom is 0.294 e. The number of benzene rings is 1. The minimum absolute atomic E-state index is 0.0120. The van der Waals surface area contributed by atoms with Crippen LogP contribution in [-0.2, 0) is 10.1 Å². The van der Waals surface area contributed by atoms with Crippen LogP contribution in [0.5, 0.6) is 0 Å². The maximum absolute atomic E-state index is 11.2. The van der Waals surface area contributed by atoms with Gasteiger partial charge in [0.1, 0.15) is 29.3 Å². The lowest BCUT2D eigenvalue weighted by Gasteiger charge is -2.26. The van der Waals surface area contributed by atoms with Gasteiger partial charge in [-0.2, -0.15) is 18.9 Å². The summed E-state index contributed by atoms with van der Waals surface area (Å²) >= 11 is 0. The van der Waals surface area contributed by atoms with E-state index in [0.717, 1.165) is 0 Å². The van der Waals surface area contributed by atoms with Gasteiger partial charge < -0.3 is 16.8 Å². The maximum atomic E-state index is 11.2. The van der Waals surface area contributed by atoms with Crippen LogP contribution >= 0.6 is 0 Å². The molecule has 1 aromatic carbocycles. The van der Waals surface area contributed by atoms with Crippen molar-refractivity contribution in [3.05, 3.63) is 41.0 Å². The van der Waals surface area contributed by atoms with Crippen molar-refractivity contribution in [2.24, 2.45) is 4.99 Å². The van der Waals surface area contributed by atoms with Crippen molar-refractivity contribution >= 4 is 33.4 Å². The predicted octanol–water partition coefficient (Wildman–Crippen LogP) is 0.306. The number of hydrogen-bond donors (Lipinski definition) is 5. The molecule has 3 rings (SSSR count). The largest absolute Gasteiger partial charge is 0.397 e. The van der Waals surface area contributed by atoms with Crippen molar-refractivity contribution in [2.75, 3.05) is 16.8 Å². The van der Waals surface area contributed by atoms with Crippen molar-refractivity contribution < 1.29 is 13.0 Å². The zero-order valence-corrected chi connectivity index (χ0v) is 14.3. The van der Waals surface area contributed by atoms with E-state index in [1.807, 2.05) is 6.07 Å². The summed E-state index contributed by atoms with van der Waals surface area (Å²) in [5.74, 6) is 0.199. The molecule has 7 N–H and O–H groups in total. The van der Waals surface area contributed by atoms with Crippen LogP contribution in [0.1, 0.15) is 22.7 Å². The molecule has 1 unspecified atom stereocenters. The summed E-state index contributed by atoms with van der Waals surface area (Å²) < 4.78 is 31.6. The van der Waals surface area contributed by atoms with Crippen molar-refractivity contribution in [3.8, 4) is 12.3 Å². The van der Waals surface area contributed by atoms with Gasteiger partial charge in [0, 0.05) is 5.56 Å². The normalized spacial score (nSPS) is 15.5. The van der Waals surface area contributed by atoms with Gasteiger partial charge in [0.15, 0.2) is 6.19 Å². The number of aromatic nitrogens is 1. The Kier molecular flexibility index (Phi) is 4.29. The molecule has 0 aliphatic carbocycles. The summed E-state index contributed by atoms with van der Waals surface area (Å²) in [6.45, 7) is 0. The first kappa shape index (κ1) is 17.9. The van der Waals surface area contributed by atoms with E-state index in [1.165, 1.54) is 24.3 Å². The van der Waals surface area contributed by atoms with E-state index in [9.17, 15) is 13.7 Å². The van der Waals surface area contributed by atoms with Crippen molar-refractivity contribution in [3.63, 3.8) is 0 Å². The average Bonchev–Trinajstić information content (AvgIpc) is 2.61. The van der Waals surface area contributed by atoms with E-state index in [2.05, 4.69) is 20.6 Å². The van der Waals surface area contributed by atoms with Crippen LogP contribution in [-0.4, -0.2) is 23.9 Å². The first-order valence-corrected chi connectivity index (χ1v) is 8.76. The molecule has 0 bridgehead atoms. The molecule has 1 aliphatic heterocycles. The number of anilines is 3. The van der Waals surface area contributed by atoms with Crippen LogP contribution < -0.4 is 22.1 Å². The summed E-state index contributed by atoms with van der Waals surface area (Å²) in [5, 5.41) is 23.2. The number of aliphatic imine (C=N–C) groups is 1. The first-order valence-electron chi connectivity index (χ1n) is 7.32. The molecule has 0 spiro atoms. The van der Waals surface area contributed by atoms with E-state index >= 15 is 0 Å². The zero-order valence-electron chi connectivity index (χ0n) is 13.5. The topological polar surface area (TPSA) is 203 Å². The minimum atomic E-state index is -4.35. The molecule has 12 heteroatoms. The highest BCUT2D eigenvalue weighted by atomic mass is 32.2. The zero-order chi connectivity index (χ0) is 19.8. The van der Waals surface area contributed by atoms with Crippen LogP contribution in [0.2, 0.25) is 0 Å². The number of hydrogen-bond acceptors (Lipinski definition) is 10. The molecule has 0 amide bonds. The van der Waals surface area contributed by atoms with Gasteiger partial charge in [-0.3, -0.25) is 9.87 Å². The van der Waals surface area contributed by atoms with Crippen LogP contribution in [0.25, 0.3) is 0 Å². The second-order valence-electron chi connectivity index (χ2n) is 5.45.